The summed E-state index contributed by atoms with van der Waals surface area (Å²) < 4.78 is 16.8. The third-order valence-corrected chi connectivity index (χ3v) is 3.38. The third kappa shape index (κ3) is 7.50. The molecule has 0 aromatic carbocycles. The first-order valence-electron chi connectivity index (χ1n) is 8.33. The van der Waals surface area contributed by atoms with Crippen LogP contribution in [0, 0.1) is 0 Å². The predicted octanol–water partition coefficient (Wildman–Crippen LogP) is 2.76. The van der Waals surface area contributed by atoms with E-state index in [1.54, 1.807) is 4.90 Å². The van der Waals surface area contributed by atoms with Gasteiger partial charge in [-0.1, -0.05) is 0 Å². The second-order valence-electron chi connectivity index (χ2n) is 8.46. The lowest BCUT2D eigenvalue weighted by atomic mass is 10.1. The van der Waals surface area contributed by atoms with E-state index >= 15 is 0 Å². The molecule has 1 aliphatic heterocycles. The van der Waals surface area contributed by atoms with Crippen molar-refractivity contribution in [3.05, 3.63) is 0 Å². The Morgan fingerprint density at radius 1 is 1.26 bits per heavy atom. The lowest BCUT2D eigenvalue weighted by molar-refractivity contribution is -0.137. The van der Waals surface area contributed by atoms with Gasteiger partial charge >= 0.3 is 6.09 Å². The molecule has 0 bridgehead atoms. The maximum absolute atomic E-state index is 12.4. The molecule has 0 radical (unpaired) electrons. The van der Waals surface area contributed by atoms with Crippen LogP contribution in [0.15, 0.2) is 0 Å². The summed E-state index contributed by atoms with van der Waals surface area (Å²) in [6.07, 6.45) is -0.233. The zero-order valence-corrected chi connectivity index (χ0v) is 16.0. The van der Waals surface area contributed by atoms with Gasteiger partial charge in [-0.2, -0.15) is 0 Å². The molecule has 0 aromatic heterocycles. The fourth-order valence-corrected chi connectivity index (χ4v) is 2.34. The molecular weight excluding hydrogens is 296 g/mol. The summed E-state index contributed by atoms with van der Waals surface area (Å²) in [6, 6.07) is 0. The second-order valence-corrected chi connectivity index (χ2v) is 8.46. The van der Waals surface area contributed by atoms with E-state index in [-0.39, 0.29) is 17.7 Å². The minimum Gasteiger partial charge on any atom is -0.444 e. The molecule has 23 heavy (non-hydrogen) atoms. The minimum atomic E-state index is -0.500. The number of carbonyl (C=O) groups is 1. The SMILES string of the molecule is CC(C)(C)OC(=O)N(CCNCC1COC(C)(C)O1)C(C)(C)C. The lowest BCUT2D eigenvalue weighted by Crippen LogP contribution is -2.50. The molecule has 1 atom stereocenters. The van der Waals surface area contributed by atoms with Gasteiger partial charge in [0.1, 0.15) is 5.60 Å². The van der Waals surface area contributed by atoms with Crippen molar-refractivity contribution in [1.82, 2.24) is 10.2 Å². The lowest BCUT2D eigenvalue weighted by Gasteiger charge is -2.37. The van der Waals surface area contributed by atoms with Crippen molar-refractivity contribution in [2.24, 2.45) is 0 Å². The van der Waals surface area contributed by atoms with Crippen LogP contribution in [0.2, 0.25) is 0 Å². The third-order valence-electron chi connectivity index (χ3n) is 3.38. The number of rotatable bonds is 5. The molecule has 1 amide bonds. The van der Waals surface area contributed by atoms with Gasteiger partial charge in [0.25, 0.3) is 0 Å². The molecule has 1 aliphatic rings. The zero-order chi connectivity index (χ0) is 17.9. The van der Waals surface area contributed by atoms with Crippen LogP contribution in [0.25, 0.3) is 0 Å². The number of nitrogens with zero attached hydrogens (tertiary/aromatic N) is 1. The molecule has 1 unspecified atom stereocenters. The standard InChI is InChI=1S/C17H34N2O4/c1-15(2,3)19(14(20)23-16(4,5)6)10-9-18-11-13-12-21-17(7,8)22-13/h13,18H,9-12H2,1-8H3. The van der Waals surface area contributed by atoms with Crippen molar-refractivity contribution in [3.63, 3.8) is 0 Å². The van der Waals surface area contributed by atoms with Crippen LogP contribution in [-0.4, -0.2) is 60.3 Å². The fourth-order valence-electron chi connectivity index (χ4n) is 2.34. The van der Waals surface area contributed by atoms with Crippen molar-refractivity contribution < 1.29 is 19.0 Å². The topological polar surface area (TPSA) is 60.0 Å². The number of hydrogen-bond donors (Lipinski definition) is 1. The van der Waals surface area contributed by atoms with E-state index in [0.717, 1.165) is 0 Å². The Morgan fingerprint density at radius 2 is 1.87 bits per heavy atom. The van der Waals surface area contributed by atoms with Gasteiger partial charge in [-0.3, -0.25) is 0 Å². The van der Waals surface area contributed by atoms with Crippen molar-refractivity contribution in [3.8, 4) is 0 Å². The molecule has 6 heteroatoms. The molecule has 0 saturated carbocycles. The molecule has 1 heterocycles. The highest BCUT2D eigenvalue weighted by Crippen LogP contribution is 2.22. The summed E-state index contributed by atoms with van der Waals surface area (Å²) in [6.45, 7) is 18.0. The van der Waals surface area contributed by atoms with Gasteiger partial charge in [-0.25, -0.2) is 4.79 Å². The predicted molar refractivity (Wildman–Crippen MR) is 90.5 cm³/mol. The Labute approximate surface area is 140 Å². The molecule has 1 N–H and O–H groups in total. The summed E-state index contributed by atoms with van der Waals surface area (Å²) in [5.41, 5.74) is -0.784. The summed E-state index contributed by atoms with van der Waals surface area (Å²) in [5.74, 6) is -0.500. The summed E-state index contributed by atoms with van der Waals surface area (Å²) >= 11 is 0. The zero-order valence-electron chi connectivity index (χ0n) is 16.0. The van der Waals surface area contributed by atoms with Crippen molar-refractivity contribution >= 4 is 6.09 Å². The van der Waals surface area contributed by atoms with E-state index in [0.29, 0.717) is 26.2 Å². The van der Waals surface area contributed by atoms with E-state index in [4.69, 9.17) is 14.2 Å². The normalized spacial score (nSPS) is 21.3. The number of hydrogen-bond acceptors (Lipinski definition) is 5. The monoisotopic (exact) mass is 330 g/mol. The molecule has 136 valence electrons. The second kappa shape index (κ2) is 7.36. The molecule has 0 spiro atoms. The highest BCUT2D eigenvalue weighted by molar-refractivity contribution is 5.69. The largest absolute Gasteiger partial charge is 0.444 e. The molecule has 1 saturated heterocycles. The molecule has 6 nitrogen and oxygen atoms in total. The first-order chi connectivity index (χ1) is 10.3. The van der Waals surface area contributed by atoms with Crippen molar-refractivity contribution in [2.75, 3.05) is 26.2 Å². The van der Waals surface area contributed by atoms with Crippen LogP contribution < -0.4 is 5.32 Å². The molecule has 1 rings (SSSR count). The fraction of sp³-hybridized carbons (Fsp3) is 0.941. The van der Waals surface area contributed by atoms with Gasteiger partial charge in [0.05, 0.1) is 12.7 Å². The summed E-state index contributed by atoms with van der Waals surface area (Å²) in [4.78, 5) is 14.1. The summed E-state index contributed by atoms with van der Waals surface area (Å²) in [7, 11) is 0. The molecule has 1 fully saturated rings. The van der Waals surface area contributed by atoms with E-state index in [9.17, 15) is 4.79 Å². The van der Waals surface area contributed by atoms with E-state index < -0.39 is 11.4 Å². The highest BCUT2D eigenvalue weighted by Gasteiger charge is 2.33. The molecule has 0 aliphatic carbocycles. The maximum Gasteiger partial charge on any atom is 0.410 e. The smallest absolute Gasteiger partial charge is 0.410 e. The van der Waals surface area contributed by atoms with Crippen LogP contribution in [0.5, 0.6) is 0 Å². The van der Waals surface area contributed by atoms with Gasteiger partial charge in [-0.05, 0) is 55.4 Å². The van der Waals surface area contributed by atoms with Crippen LogP contribution in [-0.2, 0) is 14.2 Å². The maximum atomic E-state index is 12.4. The first-order valence-corrected chi connectivity index (χ1v) is 8.33. The average molecular weight is 330 g/mol. The van der Waals surface area contributed by atoms with Crippen molar-refractivity contribution in [2.45, 2.75) is 78.4 Å². The highest BCUT2D eigenvalue weighted by atomic mass is 16.7. The Kier molecular flexibility index (Phi) is 6.47. The van der Waals surface area contributed by atoms with Gasteiger partial charge in [-0.15, -0.1) is 0 Å². The van der Waals surface area contributed by atoms with Crippen LogP contribution in [0.1, 0.15) is 55.4 Å². The van der Waals surface area contributed by atoms with Gasteiger partial charge in [0, 0.05) is 25.2 Å². The van der Waals surface area contributed by atoms with Crippen LogP contribution >= 0.6 is 0 Å². The van der Waals surface area contributed by atoms with E-state index in [2.05, 4.69) is 5.32 Å². The van der Waals surface area contributed by atoms with Gasteiger partial charge < -0.3 is 24.4 Å². The van der Waals surface area contributed by atoms with Crippen LogP contribution in [0.3, 0.4) is 0 Å². The van der Waals surface area contributed by atoms with E-state index in [1.165, 1.54) is 0 Å². The molecular formula is C17H34N2O4. The first kappa shape index (κ1) is 20.2. The number of amides is 1. The molecule has 0 aromatic rings. The van der Waals surface area contributed by atoms with Gasteiger partial charge in [0.2, 0.25) is 0 Å². The summed E-state index contributed by atoms with van der Waals surface area (Å²) in [5, 5.41) is 3.33. The number of carbonyl (C=O) groups excluding carboxylic acids is 1. The minimum absolute atomic E-state index is 0.0506. The Morgan fingerprint density at radius 3 is 2.30 bits per heavy atom. The van der Waals surface area contributed by atoms with Gasteiger partial charge in [0.15, 0.2) is 5.79 Å². The number of nitrogens with one attached hydrogen (secondary N) is 1. The Hall–Kier alpha value is -0.850. The van der Waals surface area contributed by atoms with E-state index in [1.807, 2.05) is 55.4 Å². The Balaban J connectivity index is 2.42. The number of ether oxygens (including phenoxy) is 3. The van der Waals surface area contributed by atoms with Crippen LogP contribution in [0.4, 0.5) is 4.79 Å². The van der Waals surface area contributed by atoms with Crippen molar-refractivity contribution in [1.29, 1.82) is 0 Å². The quantitative estimate of drug-likeness (QED) is 0.786. The average Bonchev–Trinajstić information content (AvgIpc) is 2.64. The Bertz CT molecular complexity index is 396.